The second kappa shape index (κ2) is 8.81. The van der Waals surface area contributed by atoms with Gasteiger partial charge in [-0.1, -0.05) is 30.3 Å². The summed E-state index contributed by atoms with van der Waals surface area (Å²) in [5.74, 6) is -0.538. The second-order valence-corrected chi connectivity index (χ2v) is 6.01. The van der Waals surface area contributed by atoms with Gasteiger partial charge in [0.05, 0.1) is 12.8 Å². The molecule has 2 N–H and O–H groups in total. The fourth-order valence-corrected chi connectivity index (χ4v) is 2.66. The molecule has 0 unspecified atom stereocenters. The Morgan fingerprint density at radius 3 is 2.14 bits per heavy atom. The first kappa shape index (κ1) is 19.1. The summed E-state index contributed by atoms with van der Waals surface area (Å²) >= 11 is 0. The molecule has 0 aliphatic heterocycles. The van der Waals surface area contributed by atoms with Crippen molar-refractivity contribution in [3.63, 3.8) is 0 Å². The molecule has 6 heteroatoms. The maximum atomic E-state index is 13.6. The molecule has 0 aromatic heterocycles. The number of nitrogens with one attached hydrogen (secondary N) is 2. The van der Waals surface area contributed by atoms with Crippen molar-refractivity contribution in [3.05, 3.63) is 95.3 Å². The van der Waals surface area contributed by atoms with E-state index in [1.807, 2.05) is 24.3 Å². The quantitative estimate of drug-likeness (QED) is 0.681. The zero-order chi connectivity index (χ0) is 19.9. The molecule has 0 saturated heterocycles. The molecule has 0 saturated carbocycles. The molecule has 3 rings (SSSR count). The summed E-state index contributed by atoms with van der Waals surface area (Å²) in [6.45, 7) is 0.318. The lowest BCUT2D eigenvalue weighted by molar-refractivity contribution is 0.0949. The predicted octanol–water partition coefficient (Wildman–Crippen LogP) is 4.02. The summed E-state index contributed by atoms with van der Waals surface area (Å²) < 4.78 is 18.9. The second-order valence-electron chi connectivity index (χ2n) is 6.01. The molecular formula is C22H19FN2O3. The van der Waals surface area contributed by atoms with Crippen LogP contribution >= 0.6 is 0 Å². The molecule has 0 aliphatic carbocycles. The van der Waals surface area contributed by atoms with Gasteiger partial charge in [-0.15, -0.1) is 0 Å². The van der Waals surface area contributed by atoms with Crippen LogP contribution in [-0.4, -0.2) is 18.9 Å². The number of amides is 2. The average molecular weight is 378 g/mol. The molecule has 0 radical (unpaired) electrons. The summed E-state index contributed by atoms with van der Waals surface area (Å²) in [5, 5.41) is 5.32. The smallest absolute Gasteiger partial charge is 0.255 e. The number of ether oxygens (including phenoxy) is 1. The minimum absolute atomic E-state index is 0.103. The summed E-state index contributed by atoms with van der Waals surface area (Å²) in [5.41, 5.74) is 1.70. The molecule has 28 heavy (non-hydrogen) atoms. The van der Waals surface area contributed by atoms with Crippen molar-refractivity contribution >= 4 is 17.5 Å². The van der Waals surface area contributed by atoms with Gasteiger partial charge in [-0.3, -0.25) is 9.59 Å². The third-order valence-corrected chi connectivity index (χ3v) is 4.16. The monoisotopic (exact) mass is 378 g/mol. The van der Waals surface area contributed by atoms with Crippen LogP contribution in [0.3, 0.4) is 0 Å². The topological polar surface area (TPSA) is 67.4 Å². The fraction of sp³-hybridized carbons (Fsp3) is 0.0909. The zero-order valence-corrected chi connectivity index (χ0v) is 15.2. The Morgan fingerprint density at radius 2 is 1.46 bits per heavy atom. The van der Waals surface area contributed by atoms with Crippen LogP contribution in [0.15, 0.2) is 72.8 Å². The molecule has 0 heterocycles. The van der Waals surface area contributed by atoms with Gasteiger partial charge in [0.15, 0.2) is 0 Å². The van der Waals surface area contributed by atoms with Gasteiger partial charge in [0, 0.05) is 23.2 Å². The van der Waals surface area contributed by atoms with Gasteiger partial charge in [0.25, 0.3) is 11.8 Å². The van der Waals surface area contributed by atoms with E-state index < -0.39 is 11.7 Å². The lowest BCUT2D eigenvalue weighted by Gasteiger charge is -2.10. The number of carbonyl (C=O) groups excluding carboxylic acids is 2. The van der Waals surface area contributed by atoms with Crippen LogP contribution in [0.4, 0.5) is 10.1 Å². The summed E-state index contributed by atoms with van der Waals surface area (Å²) in [4.78, 5) is 24.6. The van der Waals surface area contributed by atoms with Gasteiger partial charge in [0.1, 0.15) is 11.6 Å². The third kappa shape index (κ3) is 4.54. The number of hydrogen-bond donors (Lipinski definition) is 2. The summed E-state index contributed by atoms with van der Waals surface area (Å²) in [6.07, 6.45) is 0. The lowest BCUT2D eigenvalue weighted by Crippen LogP contribution is -2.23. The molecule has 0 atom stereocenters. The normalized spacial score (nSPS) is 10.2. The Morgan fingerprint density at radius 1 is 0.857 bits per heavy atom. The number of carbonyl (C=O) groups is 2. The Balaban J connectivity index is 1.62. The van der Waals surface area contributed by atoms with Crippen molar-refractivity contribution < 1.29 is 18.7 Å². The van der Waals surface area contributed by atoms with E-state index in [-0.39, 0.29) is 11.6 Å². The van der Waals surface area contributed by atoms with E-state index in [1.165, 1.54) is 24.3 Å². The number of halogens is 1. The summed E-state index contributed by atoms with van der Waals surface area (Å²) in [7, 11) is 1.58. The van der Waals surface area contributed by atoms with E-state index in [4.69, 9.17) is 4.74 Å². The lowest BCUT2D eigenvalue weighted by atomic mass is 10.1. The van der Waals surface area contributed by atoms with Crippen molar-refractivity contribution in [2.75, 3.05) is 12.4 Å². The van der Waals surface area contributed by atoms with Gasteiger partial charge in [-0.2, -0.15) is 0 Å². The van der Waals surface area contributed by atoms with Gasteiger partial charge in [-0.05, 0) is 42.5 Å². The minimum Gasteiger partial charge on any atom is -0.496 e. The van der Waals surface area contributed by atoms with Crippen LogP contribution in [0, 0.1) is 5.82 Å². The molecule has 2 amide bonds. The SMILES string of the molecule is COc1ccccc1CNC(=O)c1ccc(C(=O)Nc2ccccc2F)cc1. The Labute approximate surface area is 162 Å². The van der Waals surface area contributed by atoms with Crippen LogP contribution in [0.25, 0.3) is 0 Å². The van der Waals surface area contributed by atoms with E-state index in [0.29, 0.717) is 23.4 Å². The van der Waals surface area contributed by atoms with E-state index in [9.17, 15) is 14.0 Å². The molecule has 3 aromatic carbocycles. The van der Waals surface area contributed by atoms with Crippen molar-refractivity contribution in [1.29, 1.82) is 0 Å². The summed E-state index contributed by atoms with van der Waals surface area (Å²) in [6, 6.07) is 19.5. The standard InChI is InChI=1S/C22H19FN2O3/c1-28-20-9-5-2-6-17(20)14-24-21(26)15-10-12-16(13-11-15)22(27)25-19-8-4-3-7-18(19)23/h2-13H,14H2,1H3,(H,24,26)(H,25,27). The van der Waals surface area contributed by atoms with Gasteiger partial charge >= 0.3 is 0 Å². The van der Waals surface area contributed by atoms with Gasteiger partial charge in [0.2, 0.25) is 0 Å². The van der Waals surface area contributed by atoms with Crippen molar-refractivity contribution in [3.8, 4) is 5.75 Å². The zero-order valence-electron chi connectivity index (χ0n) is 15.2. The van der Waals surface area contributed by atoms with E-state index in [0.717, 1.165) is 5.56 Å². The Bertz CT molecular complexity index is 987. The van der Waals surface area contributed by atoms with E-state index in [2.05, 4.69) is 10.6 Å². The van der Waals surface area contributed by atoms with Crippen LogP contribution in [0.2, 0.25) is 0 Å². The fourth-order valence-electron chi connectivity index (χ4n) is 2.66. The molecular weight excluding hydrogens is 359 g/mol. The molecule has 3 aromatic rings. The highest BCUT2D eigenvalue weighted by Gasteiger charge is 2.11. The maximum absolute atomic E-state index is 13.6. The van der Waals surface area contributed by atoms with Crippen LogP contribution in [0.1, 0.15) is 26.3 Å². The predicted molar refractivity (Wildman–Crippen MR) is 105 cm³/mol. The van der Waals surface area contributed by atoms with Crippen molar-refractivity contribution in [2.45, 2.75) is 6.54 Å². The van der Waals surface area contributed by atoms with Crippen molar-refractivity contribution in [1.82, 2.24) is 5.32 Å². The average Bonchev–Trinajstić information content (AvgIpc) is 2.74. The number of para-hydroxylation sites is 2. The van der Waals surface area contributed by atoms with E-state index >= 15 is 0 Å². The molecule has 5 nitrogen and oxygen atoms in total. The largest absolute Gasteiger partial charge is 0.496 e. The number of rotatable bonds is 6. The molecule has 0 spiro atoms. The highest BCUT2D eigenvalue weighted by atomic mass is 19.1. The number of anilines is 1. The van der Waals surface area contributed by atoms with Crippen LogP contribution in [0.5, 0.6) is 5.75 Å². The van der Waals surface area contributed by atoms with E-state index in [1.54, 1.807) is 31.4 Å². The molecule has 0 aliphatic rings. The Hall–Kier alpha value is -3.67. The third-order valence-electron chi connectivity index (χ3n) is 4.16. The van der Waals surface area contributed by atoms with Gasteiger partial charge < -0.3 is 15.4 Å². The number of methoxy groups -OCH3 is 1. The first-order chi connectivity index (χ1) is 13.6. The van der Waals surface area contributed by atoms with Crippen LogP contribution < -0.4 is 15.4 Å². The maximum Gasteiger partial charge on any atom is 0.255 e. The van der Waals surface area contributed by atoms with Crippen molar-refractivity contribution in [2.24, 2.45) is 0 Å². The first-order valence-electron chi connectivity index (χ1n) is 8.64. The first-order valence-corrected chi connectivity index (χ1v) is 8.64. The number of hydrogen-bond acceptors (Lipinski definition) is 3. The van der Waals surface area contributed by atoms with Crippen LogP contribution in [-0.2, 0) is 6.54 Å². The molecule has 0 fully saturated rings. The van der Waals surface area contributed by atoms with Gasteiger partial charge in [-0.25, -0.2) is 4.39 Å². The Kier molecular flexibility index (Phi) is 6.01. The minimum atomic E-state index is -0.511. The number of benzene rings is 3. The molecule has 0 bridgehead atoms. The highest BCUT2D eigenvalue weighted by Crippen LogP contribution is 2.17. The molecule has 142 valence electrons. The highest BCUT2D eigenvalue weighted by molar-refractivity contribution is 6.05.